The molecule has 0 fully saturated rings. The van der Waals surface area contributed by atoms with Gasteiger partial charge >= 0.3 is 0 Å². The summed E-state index contributed by atoms with van der Waals surface area (Å²) in [5, 5.41) is 14.2. The fourth-order valence-electron chi connectivity index (χ4n) is 2.08. The molecule has 1 rings (SSSR count). The zero-order valence-corrected chi connectivity index (χ0v) is 12.8. The highest BCUT2D eigenvalue weighted by Crippen LogP contribution is 2.13. The van der Waals surface area contributed by atoms with Crippen molar-refractivity contribution in [2.24, 2.45) is 0 Å². The van der Waals surface area contributed by atoms with Crippen molar-refractivity contribution in [3.05, 3.63) is 17.8 Å². The smallest absolute Gasteiger partial charge is 0.271 e. The molecule has 5 nitrogen and oxygen atoms in total. The molecular formula is C15H26N4O. The minimum atomic E-state index is -0.178. The van der Waals surface area contributed by atoms with Crippen LogP contribution in [0.2, 0.25) is 0 Å². The highest BCUT2D eigenvalue weighted by atomic mass is 16.1. The monoisotopic (exact) mass is 278 g/mol. The number of anilines is 1. The molecule has 1 aromatic heterocycles. The van der Waals surface area contributed by atoms with E-state index in [2.05, 4.69) is 34.7 Å². The lowest BCUT2D eigenvalue weighted by molar-refractivity contribution is 0.0950. The van der Waals surface area contributed by atoms with Gasteiger partial charge in [0, 0.05) is 12.6 Å². The number of hydrogen-bond donors (Lipinski definition) is 2. The fourth-order valence-corrected chi connectivity index (χ4v) is 2.08. The van der Waals surface area contributed by atoms with Crippen LogP contribution in [0.1, 0.15) is 63.4 Å². The van der Waals surface area contributed by atoms with E-state index in [1.54, 1.807) is 6.07 Å². The van der Waals surface area contributed by atoms with Gasteiger partial charge in [0.15, 0.2) is 5.69 Å². The van der Waals surface area contributed by atoms with E-state index < -0.39 is 0 Å². The summed E-state index contributed by atoms with van der Waals surface area (Å²) in [5.41, 5.74) is 0.359. The molecule has 1 atom stereocenters. The van der Waals surface area contributed by atoms with Gasteiger partial charge < -0.3 is 10.6 Å². The lowest BCUT2D eigenvalue weighted by atomic mass is 10.1. The van der Waals surface area contributed by atoms with Gasteiger partial charge in [-0.15, -0.1) is 10.2 Å². The Morgan fingerprint density at radius 2 is 1.95 bits per heavy atom. The molecule has 0 saturated heterocycles. The Morgan fingerprint density at radius 1 is 1.15 bits per heavy atom. The van der Waals surface area contributed by atoms with Crippen LogP contribution in [0.25, 0.3) is 0 Å². The van der Waals surface area contributed by atoms with Crippen LogP contribution in [0, 0.1) is 0 Å². The van der Waals surface area contributed by atoms with Gasteiger partial charge in [-0.3, -0.25) is 4.79 Å². The lowest BCUT2D eigenvalue weighted by Crippen LogP contribution is -2.24. The molecule has 0 aliphatic rings. The first-order valence-corrected chi connectivity index (χ1v) is 7.59. The third-order valence-corrected chi connectivity index (χ3v) is 3.13. The van der Waals surface area contributed by atoms with Gasteiger partial charge in [0.2, 0.25) is 0 Å². The Labute approximate surface area is 121 Å². The normalized spacial score (nSPS) is 11.9. The summed E-state index contributed by atoms with van der Waals surface area (Å²) in [6, 6.07) is 3.97. The predicted octanol–water partition coefficient (Wildman–Crippen LogP) is 3.00. The molecule has 0 aromatic carbocycles. The van der Waals surface area contributed by atoms with Crippen molar-refractivity contribution in [1.29, 1.82) is 0 Å². The summed E-state index contributed by atoms with van der Waals surface area (Å²) in [6.07, 6.45) is 5.82. The second-order valence-electron chi connectivity index (χ2n) is 4.94. The second-order valence-corrected chi connectivity index (χ2v) is 4.94. The van der Waals surface area contributed by atoms with Crippen LogP contribution in [0.3, 0.4) is 0 Å². The topological polar surface area (TPSA) is 66.9 Å². The number of aromatic nitrogens is 2. The highest BCUT2D eigenvalue weighted by Gasteiger charge is 2.10. The number of nitrogens with one attached hydrogen (secondary N) is 2. The number of carbonyl (C=O) groups excluding carboxylic acids is 1. The maximum absolute atomic E-state index is 11.6. The average molecular weight is 278 g/mol. The Hall–Kier alpha value is -1.65. The third kappa shape index (κ3) is 5.55. The van der Waals surface area contributed by atoms with Gasteiger partial charge in [-0.1, -0.05) is 33.1 Å². The Kier molecular flexibility index (Phi) is 7.62. The lowest BCUT2D eigenvalue weighted by Gasteiger charge is -2.18. The van der Waals surface area contributed by atoms with E-state index in [9.17, 15) is 4.79 Å². The molecule has 1 amide bonds. The molecule has 0 spiro atoms. The Balaban J connectivity index is 2.59. The minimum absolute atomic E-state index is 0.178. The first-order valence-electron chi connectivity index (χ1n) is 7.59. The molecule has 1 aromatic rings. The molecule has 0 aliphatic heterocycles. The van der Waals surface area contributed by atoms with Crippen LogP contribution < -0.4 is 10.6 Å². The summed E-state index contributed by atoms with van der Waals surface area (Å²) in [6.45, 7) is 6.86. The van der Waals surface area contributed by atoms with Crippen LogP contribution in [0.4, 0.5) is 5.82 Å². The molecule has 0 bridgehead atoms. The van der Waals surface area contributed by atoms with Gasteiger partial charge in [0.05, 0.1) is 0 Å². The second kappa shape index (κ2) is 9.28. The summed E-state index contributed by atoms with van der Waals surface area (Å²) in [7, 11) is 0. The minimum Gasteiger partial charge on any atom is -0.366 e. The van der Waals surface area contributed by atoms with E-state index in [1.165, 1.54) is 12.8 Å². The quantitative estimate of drug-likeness (QED) is 0.728. The molecule has 20 heavy (non-hydrogen) atoms. The molecule has 1 unspecified atom stereocenters. The van der Waals surface area contributed by atoms with Gasteiger partial charge in [-0.05, 0) is 31.9 Å². The number of hydrogen-bond acceptors (Lipinski definition) is 4. The van der Waals surface area contributed by atoms with E-state index >= 15 is 0 Å². The number of unbranched alkanes of at least 4 members (excludes halogenated alkanes) is 1. The van der Waals surface area contributed by atoms with Crippen LogP contribution in [-0.2, 0) is 0 Å². The Bertz CT molecular complexity index is 391. The third-order valence-electron chi connectivity index (χ3n) is 3.13. The van der Waals surface area contributed by atoms with Crippen molar-refractivity contribution in [3.8, 4) is 0 Å². The maximum atomic E-state index is 11.6. The van der Waals surface area contributed by atoms with E-state index in [4.69, 9.17) is 0 Å². The van der Waals surface area contributed by atoms with Gasteiger partial charge in [0.1, 0.15) is 5.82 Å². The van der Waals surface area contributed by atoms with Crippen molar-refractivity contribution >= 4 is 11.7 Å². The largest absolute Gasteiger partial charge is 0.366 e. The zero-order chi connectivity index (χ0) is 14.8. The predicted molar refractivity (Wildman–Crippen MR) is 81.9 cm³/mol. The fraction of sp³-hybridized carbons (Fsp3) is 0.667. The molecule has 0 saturated carbocycles. The van der Waals surface area contributed by atoms with Crippen LogP contribution >= 0.6 is 0 Å². The number of amides is 1. The summed E-state index contributed by atoms with van der Waals surface area (Å²) in [4.78, 5) is 11.6. The van der Waals surface area contributed by atoms with Crippen molar-refractivity contribution < 1.29 is 4.79 Å². The maximum Gasteiger partial charge on any atom is 0.271 e. The summed E-state index contributed by atoms with van der Waals surface area (Å²) >= 11 is 0. The van der Waals surface area contributed by atoms with Crippen LogP contribution in [-0.4, -0.2) is 28.7 Å². The van der Waals surface area contributed by atoms with Crippen LogP contribution in [0.15, 0.2) is 12.1 Å². The van der Waals surface area contributed by atoms with E-state index in [-0.39, 0.29) is 5.91 Å². The van der Waals surface area contributed by atoms with Crippen molar-refractivity contribution in [2.45, 2.75) is 58.9 Å². The standard InChI is InChI=1S/C15H26N4O/c1-4-7-9-12(8-5-2)17-14-11-10-13(18-19-14)15(20)16-6-3/h10-12H,4-9H2,1-3H3,(H,16,20)(H,17,19). The van der Waals surface area contributed by atoms with Gasteiger partial charge in [0.25, 0.3) is 5.91 Å². The summed E-state index contributed by atoms with van der Waals surface area (Å²) in [5.74, 6) is 0.565. The number of nitrogens with zero attached hydrogens (tertiary/aromatic N) is 2. The molecule has 112 valence electrons. The van der Waals surface area contributed by atoms with Gasteiger partial charge in [-0.2, -0.15) is 0 Å². The molecule has 1 heterocycles. The highest BCUT2D eigenvalue weighted by molar-refractivity contribution is 5.92. The van der Waals surface area contributed by atoms with Crippen molar-refractivity contribution in [1.82, 2.24) is 15.5 Å². The van der Waals surface area contributed by atoms with E-state index in [1.807, 2.05) is 13.0 Å². The first kappa shape index (κ1) is 16.4. The van der Waals surface area contributed by atoms with Crippen molar-refractivity contribution in [3.63, 3.8) is 0 Å². The Morgan fingerprint density at radius 3 is 2.50 bits per heavy atom. The molecule has 5 heteroatoms. The number of carbonyl (C=O) groups is 1. The molecule has 0 aliphatic carbocycles. The van der Waals surface area contributed by atoms with Crippen molar-refractivity contribution in [2.75, 3.05) is 11.9 Å². The van der Waals surface area contributed by atoms with Crippen LogP contribution in [0.5, 0.6) is 0 Å². The first-order chi connectivity index (χ1) is 9.71. The summed E-state index contributed by atoms with van der Waals surface area (Å²) < 4.78 is 0. The van der Waals surface area contributed by atoms with E-state index in [0.29, 0.717) is 18.3 Å². The average Bonchev–Trinajstić information content (AvgIpc) is 2.46. The molecule has 2 N–H and O–H groups in total. The zero-order valence-electron chi connectivity index (χ0n) is 12.8. The molecular weight excluding hydrogens is 252 g/mol. The van der Waals surface area contributed by atoms with Gasteiger partial charge in [-0.25, -0.2) is 0 Å². The number of rotatable bonds is 9. The molecule has 0 radical (unpaired) electrons. The van der Waals surface area contributed by atoms with E-state index in [0.717, 1.165) is 25.1 Å². The SMILES string of the molecule is CCCCC(CCC)Nc1ccc(C(=O)NCC)nn1.